The molecule has 28 heavy (non-hydrogen) atoms. The molecule has 0 saturated carbocycles. The van der Waals surface area contributed by atoms with Crippen molar-refractivity contribution in [2.45, 2.75) is 31.4 Å². The van der Waals surface area contributed by atoms with Gasteiger partial charge in [0.1, 0.15) is 5.82 Å². The van der Waals surface area contributed by atoms with E-state index in [1.165, 1.54) is 29.8 Å². The van der Waals surface area contributed by atoms with E-state index in [2.05, 4.69) is 33.7 Å². The van der Waals surface area contributed by atoms with Gasteiger partial charge in [-0.3, -0.25) is 4.79 Å². The number of carbonyl (C=O) groups excluding carboxylic acids is 1. The number of nitrogens with zero attached hydrogens (tertiary/aromatic N) is 1. The molecule has 5 nitrogen and oxygen atoms in total. The van der Waals surface area contributed by atoms with Crippen molar-refractivity contribution >= 4 is 11.6 Å². The smallest absolute Gasteiger partial charge is 0.251 e. The highest BCUT2D eigenvalue weighted by Crippen LogP contribution is 2.32. The first-order chi connectivity index (χ1) is 13.6. The molecule has 1 saturated heterocycles. The Hall–Kier alpha value is -2.44. The standard InChI is InChI=1S/C22H26FN3O2/c23-17-7-4-16(5-8-17)22(28)25-21-19-14-18(26-12-10-24-11-13-26)9-6-15(19)2-1-3-20(21)27/h4-9,14,20-21,24,27H,1-3,10-13H2,(H,25,28)/t20-,21-/m0/s1. The maximum Gasteiger partial charge on any atom is 0.251 e. The zero-order valence-corrected chi connectivity index (χ0v) is 15.8. The third-order valence-electron chi connectivity index (χ3n) is 5.67. The number of rotatable bonds is 3. The molecule has 6 heteroatoms. The number of amides is 1. The lowest BCUT2D eigenvalue weighted by molar-refractivity contribution is 0.0818. The van der Waals surface area contributed by atoms with E-state index < -0.39 is 12.1 Å². The van der Waals surface area contributed by atoms with Gasteiger partial charge in [-0.1, -0.05) is 6.07 Å². The average Bonchev–Trinajstić information content (AvgIpc) is 2.87. The summed E-state index contributed by atoms with van der Waals surface area (Å²) in [4.78, 5) is 15.0. The summed E-state index contributed by atoms with van der Waals surface area (Å²) in [5, 5.41) is 17.1. The van der Waals surface area contributed by atoms with Crippen molar-refractivity contribution < 1.29 is 14.3 Å². The Bertz CT molecular complexity index is 834. The molecule has 0 unspecified atom stereocenters. The molecule has 2 aromatic rings. The number of fused-ring (bicyclic) bond motifs is 1. The molecule has 1 amide bonds. The maximum atomic E-state index is 13.2. The predicted molar refractivity (Wildman–Crippen MR) is 107 cm³/mol. The van der Waals surface area contributed by atoms with E-state index in [4.69, 9.17) is 0 Å². The van der Waals surface area contributed by atoms with E-state index in [1.807, 2.05) is 0 Å². The number of hydrogen-bond donors (Lipinski definition) is 3. The molecule has 1 aliphatic carbocycles. The van der Waals surface area contributed by atoms with Gasteiger partial charge in [0, 0.05) is 37.4 Å². The van der Waals surface area contributed by atoms with Crippen LogP contribution in [0.3, 0.4) is 0 Å². The van der Waals surface area contributed by atoms with Gasteiger partial charge in [-0.05, 0) is 66.8 Å². The molecule has 2 aromatic carbocycles. The first-order valence-electron chi connectivity index (χ1n) is 9.95. The monoisotopic (exact) mass is 383 g/mol. The Balaban J connectivity index is 1.62. The third-order valence-corrected chi connectivity index (χ3v) is 5.67. The van der Waals surface area contributed by atoms with E-state index >= 15 is 0 Å². The number of halogens is 1. The Morgan fingerprint density at radius 2 is 1.89 bits per heavy atom. The largest absolute Gasteiger partial charge is 0.391 e. The Morgan fingerprint density at radius 1 is 1.14 bits per heavy atom. The Kier molecular flexibility index (Phi) is 5.59. The fourth-order valence-corrected chi connectivity index (χ4v) is 4.09. The fraction of sp³-hybridized carbons (Fsp3) is 0.409. The minimum absolute atomic E-state index is 0.301. The number of aliphatic hydroxyl groups excluding tert-OH is 1. The molecule has 3 N–H and O–H groups in total. The van der Waals surface area contributed by atoms with E-state index in [-0.39, 0.29) is 11.7 Å². The summed E-state index contributed by atoms with van der Waals surface area (Å²) >= 11 is 0. The normalized spacial score (nSPS) is 22.3. The number of anilines is 1. The van der Waals surface area contributed by atoms with Crippen LogP contribution in [0, 0.1) is 5.82 Å². The maximum absolute atomic E-state index is 13.2. The predicted octanol–water partition coefficient (Wildman–Crippen LogP) is 2.40. The highest BCUT2D eigenvalue weighted by molar-refractivity contribution is 5.94. The van der Waals surface area contributed by atoms with Crippen LogP contribution >= 0.6 is 0 Å². The quantitative estimate of drug-likeness (QED) is 0.713. The number of aliphatic hydroxyl groups is 1. The molecule has 0 bridgehead atoms. The highest BCUT2D eigenvalue weighted by Gasteiger charge is 2.29. The lowest BCUT2D eigenvalue weighted by Gasteiger charge is -2.31. The number of carbonyl (C=O) groups is 1. The van der Waals surface area contributed by atoms with Crippen molar-refractivity contribution in [3.63, 3.8) is 0 Å². The summed E-state index contributed by atoms with van der Waals surface area (Å²) in [6, 6.07) is 11.4. The van der Waals surface area contributed by atoms with Gasteiger partial charge >= 0.3 is 0 Å². The van der Waals surface area contributed by atoms with Gasteiger partial charge in [-0.25, -0.2) is 4.39 Å². The van der Waals surface area contributed by atoms with E-state index in [1.54, 1.807) is 0 Å². The van der Waals surface area contributed by atoms with Crippen molar-refractivity contribution in [3.05, 3.63) is 65.0 Å². The summed E-state index contributed by atoms with van der Waals surface area (Å²) in [5.74, 6) is -0.679. The Morgan fingerprint density at radius 3 is 2.64 bits per heavy atom. The van der Waals surface area contributed by atoms with Gasteiger partial charge in [0.15, 0.2) is 0 Å². The molecule has 0 spiro atoms. The summed E-state index contributed by atoms with van der Waals surface area (Å²) in [5.41, 5.74) is 3.66. The van der Waals surface area contributed by atoms with Crippen LogP contribution in [-0.4, -0.2) is 43.3 Å². The fourth-order valence-electron chi connectivity index (χ4n) is 4.09. The van der Waals surface area contributed by atoms with Crippen molar-refractivity contribution in [2.24, 2.45) is 0 Å². The molecule has 4 rings (SSSR count). The molecular formula is C22H26FN3O2. The summed E-state index contributed by atoms with van der Waals surface area (Å²) in [6.07, 6.45) is 1.75. The molecular weight excluding hydrogens is 357 g/mol. The van der Waals surface area contributed by atoms with E-state index in [0.29, 0.717) is 12.0 Å². The van der Waals surface area contributed by atoms with Gasteiger partial charge in [0.25, 0.3) is 5.91 Å². The van der Waals surface area contributed by atoms with Crippen LogP contribution in [0.1, 0.15) is 40.4 Å². The summed E-state index contributed by atoms with van der Waals surface area (Å²) < 4.78 is 13.2. The van der Waals surface area contributed by atoms with Crippen LogP contribution in [0.25, 0.3) is 0 Å². The Labute approximate surface area is 164 Å². The zero-order chi connectivity index (χ0) is 19.5. The first kappa shape index (κ1) is 18.9. The topological polar surface area (TPSA) is 64.6 Å². The van der Waals surface area contributed by atoms with Crippen LogP contribution in [-0.2, 0) is 6.42 Å². The lowest BCUT2D eigenvalue weighted by atomic mass is 9.96. The van der Waals surface area contributed by atoms with Gasteiger partial charge in [0.05, 0.1) is 12.1 Å². The summed E-state index contributed by atoms with van der Waals surface area (Å²) in [7, 11) is 0. The minimum atomic E-state index is -0.649. The molecule has 2 aliphatic rings. The average molecular weight is 383 g/mol. The molecule has 0 aromatic heterocycles. The number of piperazine rings is 1. The second-order valence-electron chi connectivity index (χ2n) is 7.54. The minimum Gasteiger partial charge on any atom is -0.391 e. The second kappa shape index (κ2) is 8.29. The van der Waals surface area contributed by atoms with Gasteiger partial charge in [0.2, 0.25) is 0 Å². The van der Waals surface area contributed by atoms with Crippen LogP contribution in [0.4, 0.5) is 10.1 Å². The number of nitrogens with one attached hydrogen (secondary N) is 2. The van der Waals surface area contributed by atoms with Crippen molar-refractivity contribution in [2.75, 3.05) is 31.1 Å². The molecule has 0 radical (unpaired) electrons. The van der Waals surface area contributed by atoms with Crippen molar-refractivity contribution in [3.8, 4) is 0 Å². The lowest BCUT2D eigenvalue weighted by Crippen LogP contribution is -2.43. The van der Waals surface area contributed by atoms with Crippen LogP contribution in [0.2, 0.25) is 0 Å². The van der Waals surface area contributed by atoms with Gasteiger partial charge in [-0.2, -0.15) is 0 Å². The first-order valence-corrected chi connectivity index (χ1v) is 9.95. The molecule has 148 valence electrons. The molecule has 1 fully saturated rings. The van der Waals surface area contributed by atoms with Crippen molar-refractivity contribution in [1.82, 2.24) is 10.6 Å². The summed E-state index contributed by atoms with van der Waals surface area (Å²) in [6.45, 7) is 3.77. The zero-order valence-electron chi connectivity index (χ0n) is 15.8. The van der Waals surface area contributed by atoms with Crippen molar-refractivity contribution in [1.29, 1.82) is 0 Å². The number of benzene rings is 2. The van der Waals surface area contributed by atoms with Crippen LogP contribution in [0.5, 0.6) is 0 Å². The molecule has 2 atom stereocenters. The number of hydrogen-bond acceptors (Lipinski definition) is 4. The van der Waals surface area contributed by atoms with E-state index in [0.717, 1.165) is 50.3 Å². The highest BCUT2D eigenvalue weighted by atomic mass is 19.1. The SMILES string of the molecule is O=C(N[C@H]1c2cc(N3CCNCC3)ccc2CCC[C@@H]1O)c1ccc(F)cc1. The molecule has 1 heterocycles. The van der Waals surface area contributed by atoms with Crippen LogP contribution < -0.4 is 15.5 Å². The molecule has 1 aliphatic heterocycles. The third kappa shape index (κ3) is 4.03. The second-order valence-corrected chi connectivity index (χ2v) is 7.54. The van der Waals surface area contributed by atoms with Gasteiger partial charge < -0.3 is 20.6 Å². The number of aryl methyl sites for hydroxylation is 1. The van der Waals surface area contributed by atoms with Gasteiger partial charge in [-0.15, -0.1) is 0 Å². The van der Waals surface area contributed by atoms with E-state index in [9.17, 15) is 14.3 Å². The van der Waals surface area contributed by atoms with Crippen LogP contribution in [0.15, 0.2) is 42.5 Å².